The van der Waals surface area contributed by atoms with Crippen molar-refractivity contribution in [2.75, 3.05) is 32.7 Å². The number of unbranched alkanes of at least 4 members (excludes halogenated alkanes) is 1. The van der Waals surface area contributed by atoms with E-state index < -0.39 is 4.92 Å². The predicted molar refractivity (Wildman–Crippen MR) is 136 cm³/mol. The molecule has 0 aromatic heterocycles. The van der Waals surface area contributed by atoms with Gasteiger partial charge in [0.15, 0.2) is 6.29 Å². The number of hydrogen-bond donors (Lipinski definition) is 0. The normalized spacial score (nSPS) is 11.1. The molecule has 0 spiro atoms. The van der Waals surface area contributed by atoms with Crippen molar-refractivity contribution in [3.63, 3.8) is 0 Å². The molecule has 11 heteroatoms. The number of non-ortho nitro benzene ring substituents is 1. The molecule has 3 aromatic rings. The first kappa shape index (κ1) is 25.9. The van der Waals surface area contributed by atoms with E-state index in [4.69, 9.17) is 9.47 Å². The van der Waals surface area contributed by atoms with Gasteiger partial charge >= 0.3 is 0 Å². The number of ether oxygens (including phenoxy) is 2. The Morgan fingerprint density at radius 1 is 0.861 bits per heavy atom. The number of hydrogen-bond acceptors (Lipinski definition) is 10. The quantitative estimate of drug-likeness (QED) is 0.119. The van der Waals surface area contributed by atoms with E-state index in [-0.39, 0.29) is 5.69 Å². The molecule has 0 amide bonds. The molecule has 0 atom stereocenters. The predicted octanol–water partition coefficient (Wildman–Crippen LogP) is 6.77. The van der Waals surface area contributed by atoms with Crippen LogP contribution in [-0.4, -0.2) is 39.0 Å². The number of rotatable bonds is 12. The average Bonchev–Trinajstić information content (AvgIpc) is 2.91. The van der Waals surface area contributed by atoms with Crippen LogP contribution in [0.3, 0.4) is 0 Å². The molecule has 0 N–H and O–H groups in total. The highest BCUT2D eigenvalue weighted by Crippen LogP contribution is 2.41. The number of anilines is 1. The molecule has 0 bridgehead atoms. The van der Waals surface area contributed by atoms with Crippen molar-refractivity contribution >= 4 is 40.4 Å². The lowest BCUT2D eigenvalue weighted by molar-refractivity contribution is -0.384. The molecule has 0 aliphatic heterocycles. The number of benzene rings is 3. The van der Waals surface area contributed by atoms with E-state index in [1.165, 1.54) is 38.5 Å². The molecule has 185 valence electrons. The number of methoxy groups -OCH3 is 2. The summed E-state index contributed by atoms with van der Waals surface area (Å²) in [5.41, 5.74) is 2.90. The smallest absolute Gasteiger partial charge is 0.269 e. The summed E-state index contributed by atoms with van der Waals surface area (Å²) < 4.78 is 10.9. The van der Waals surface area contributed by atoms with Crippen LogP contribution in [0.5, 0.6) is 11.5 Å². The van der Waals surface area contributed by atoms with Crippen molar-refractivity contribution < 1.29 is 19.2 Å². The third kappa shape index (κ3) is 6.92. The Balaban J connectivity index is 1.77. The highest BCUT2D eigenvalue weighted by atomic mass is 16.6. The van der Waals surface area contributed by atoms with Gasteiger partial charge in [0.2, 0.25) is 0 Å². The van der Waals surface area contributed by atoms with Crippen LogP contribution in [0, 0.1) is 10.1 Å². The standard InChI is InChI=1S/C25H25N6O5/c1-30(14-4-5-15-32)20-10-6-18(7-11-20)26-28-22-16-25(36-3)23(17-24(22)35-2)29-27-19-8-12-21(13-9-19)31(33)34/h6-13,16-17H,4-5,14H2,1-3H3/b28-26+,29-27+. The van der Waals surface area contributed by atoms with Crippen LogP contribution in [0.1, 0.15) is 12.8 Å². The summed E-state index contributed by atoms with van der Waals surface area (Å²) in [7, 11) is 4.96. The van der Waals surface area contributed by atoms with Crippen molar-refractivity contribution in [2.45, 2.75) is 12.8 Å². The number of nitro benzene ring substituents is 1. The molecule has 0 unspecified atom stereocenters. The van der Waals surface area contributed by atoms with E-state index >= 15 is 0 Å². The molecule has 0 saturated carbocycles. The third-order valence-corrected chi connectivity index (χ3v) is 5.15. The first-order valence-corrected chi connectivity index (χ1v) is 11.0. The van der Waals surface area contributed by atoms with Crippen LogP contribution in [0.25, 0.3) is 0 Å². The second-order valence-electron chi connectivity index (χ2n) is 7.56. The summed E-state index contributed by atoms with van der Waals surface area (Å²) in [6, 6.07) is 16.5. The topological polar surface area (TPSA) is 131 Å². The fraction of sp³-hybridized carbons (Fsp3) is 0.240. The summed E-state index contributed by atoms with van der Waals surface area (Å²) in [6.07, 6.45) is 3.06. The van der Waals surface area contributed by atoms with Crippen LogP contribution in [-0.2, 0) is 4.79 Å². The number of nitro groups is 1. The minimum absolute atomic E-state index is 0.0297. The summed E-state index contributed by atoms with van der Waals surface area (Å²) in [6.45, 7) is 0.751. The van der Waals surface area contributed by atoms with Gasteiger partial charge in [0.1, 0.15) is 22.9 Å². The van der Waals surface area contributed by atoms with E-state index in [9.17, 15) is 14.9 Å². The van der Waals surface area contributed by atoms with Gasteiger partial charge < -0.3 is 14.4 Å². The average molecular weight is 490 g/mol. The van der Waals surface area contributed by atoms with Crippen LogP contribution in [0.4, 0.5) is 34.1 Å². The summed E-state index contributed by atoms with van der Waals surface area (Å²) in [5, 5.41) is 27.7. The molecule has 0 aliphatic rings. The Bertz CT molecular complexity index is 1240. The van der Waals surface area contributed by atoms with Crippen molar-refractivity contribution in [3.05, 3.63) is 70.8 Å². The summed E-state index contributed by atoms with van der Waals surface area (Å²) in [4.78, 5) is 22.7. The lowest BCUT2D eigenvalue weighted by Crippen LogP contribution is -2.18. The molecule has 0 heterocycles. The number of nitrogens with zero attached hydrogens (tertiary/aromatic N) is 6. The van der Waals surface area contributed by atoms with E-state index in [0.29, 0.717) is 40.7 Å². The lowest BCUT2D eigenvalue weighted by Gasteiger charge is -2.18. The second-order valence-corrected chi connectivity index (χ2v) is 7.56. The van der Waals surface area contributed by atoms with Gasteiger partial charge in [0.25, 0.3) is 5.69 Å². The van der Waals surface area contributed by atoms with Crippen LogP contribution >= 0.6 is 0 Å². The maximum atomic E-state index is 10.8. The maximum absolute atomic E-state index is 10.8. The Kier molecular flexibility index (Phi) is 9.15. The zero-order valence-electron chi connectivity index (χ0n) is 20.1. The summed E-state index contributed by atoms with van der Waals surface area (Å²) in [5.74, 6) is 0.820. The molecule has 11 nitrogen and oxygen atoms in total. The molecule has 3 rings (SSSR count). The first-order valence-electron chi connectivity index (χ1n) is 11.0. The molecular weight excluding hydrogens is 464 g/mol. The minimum atomic E-state index is -0.480. The monoisotopic (exact) mass is 489 g/mol. The zero-order chi connectivity index (χ0) is 25.9. The van der Waals surface area contributed by atoms with Crippen molar-refractivity contribution in [3.8, 4) is 11.5 Å². The van der Waals surface area contributed by atoms with E-state index in [2.05, 4.69) is 25.4 Å². The van der Waals surface area contributed by atoms with Gasteiger partial charge in [-0.25, -0.2) is 0 Å². The van der Waals surface area contributed by atoms with Gasteiger partial charge in [-0.2, -0.15) is 10.2 Å². The van der Waals surface area contributed by atoms with E-state index in [0.717, 1.165) is 18.7 Å². The molecule has 1 radical (unpaired) electrons. The number of azo groups is 2. The van der Waals surface area contributed by atoms with Gasteiger partial charge in [0, 0.05) is 50.0 Å². The zero-order valence-corrected chi connectivity index (χ0v) is 20.1. The van der Waals surface area contributed by atoms with Gasteiger partial charge in [-0.05, 0) is 42.8 Å². The Morgan fingerprint density at radius 2 is 1.36 bits per heavy atom. The van der Waals surface area contributed by atoms with Gasteiger partial charge in [-0.1, -0.05) is 0 Å². The highest BCUT2D eigenvalue weighted by molar-refractivity contribution is 5.66. The van der Waals surface area contributed by atoms with Crippen LogP contribution in [0.15, 0.2) is 81.1 Å². The SMILES string of the molecule is COc1cc(/N=N/c2ccc([N+](=O)[O-])cc2)c(OC)cc1/N=N/c1ccc(N(C)CCC[C]=O)cc1. The van der Waals surface area contributed by atoms with E-state index in [1.54, 1.807) is 12.1 Å². The van der Waals surface area contributed by atoms with Crippen LogP contribution in [0.2, 0.25) is 0 Å². The molecule has 0 fully saturated rings. The van der Waals surface area contributed by atoms with Gasteiger partial charge in [-0.15, -0.1) is 10.2 Å². The highest BCUT2D eigenvalue weighted by Gasteiger charge is 2.12. The van der Waals surface area contributed by atoms with Gasteiger partial charge in [-0.3, -0.25) is 14.9 Å². The Labute approximate surface area is 208 Å². The Morgan fingerprint density at radius 3 is 1.81 bits per heavy atom. The number of carbonyl (C=O) groups excluding carboxylic acids is 1. The van der Waals surface area contributed by atoms with Crippen molar-refractivity contribution in [2.24, 2.45) is 20.5 Å². The second kappa shape index (κ2) is 12.7. The van der Waals surface area contributed by atoms with E-state index in [1.807, 2.05) is 37.6 Å². The molecular formula is C25H25N6O5. The minimum Gasteiger partial charge on any atom is -0.494 e. The fourth-order valence-electron chi connectivity index (χ4n) is 3.18. The van der Waals surface area contributed by atoms with Gasteiger partial charge in [0.05, 0.1) is 30.5 Å². The largest absolute Gasteiger partial charge is 0.494 e. The first-order chi connectivity index (χ1) is 17.4. The molecule has 3 aromatic carbocycles. The van der Waals surface area contributed by atoms with Crippen molar-refractivity contribution in [1.82, 2.24) is 0 Å². The molecule has 0 aliphatic carbocycles. The third-order valence-electron chi connectivity index (χ3n) is 5.15. The molecule has 0 saturated heterocycles. The molecule has 36 heavy (non-hydrogen) atoms. The summed E-state index contributed by atoms with van der Waals surface area (Å²) >= 11 is 0. The van der Waals surface area contributed by atoms with Crippen molar-refractivity contribution in [1.29, 1.82) is 0 Å². The van der Waals surface area contributed by atoms with Crippen LogP contribution < -0.4 is 14.4 Å². The Hall–Kier alpha value is -4.67. The maximum Gasteiger partial charge on any atom is 0.269 e. The fourth-order valence-corrected chi connectivity index (χ4v) is 3.18. The lowest BCUT2D eigenvalue weighted by atomic mass is 10.2.